The first-order chi connectivity index (χ1) is 21.5. The largest absolute Gasteiger partial charge is 0.508 e. The van der Waals surface area contributed by atoms with Crippen molar-refractivity contribution in [1.82, 2.24) is 0 Å². The Morgan fingerprint density at radius 3 is 2.27 bits per heavy atom. The topological polar surface area (TPSA) is 228 Å². The molecule has 2 heterocycles. The standard InChI is InChI=1S/C32H40O13/c1-2-3-4-5-6-7-8-9-16(34)12-19-18(10-11-20(36)25(19)38)30-31(27(40)24-21(37)13-17(35)14-22(24)43-30)45-32-29(42)28(41)26(39)23(15-33)44-32/h10-11,13-14,23,26,28-29,32-33,35-39,41-42H,2-9,12,15H2,1H3/t23-,26+,28+,29-,32+/m0/s1. The Balaban J connectivity index is 1.76. The number of carbonyl (C=O) groups excluding carboxylic acids is 1. The van der Waals surface area contributed by atoms with E-state index in [1.807, 2.05) is 0 Å². The SMILES string of the molecule is CCCCCCCCCC(=O)Cc1c(-c2oc3cc(O)cc(O)c3c(=O)c2O[C@H]2O[C@@H](CO)[C@@H](O)[C@@H](O)[C@@H]2O)ccc(O)c1O. The molecule has 1 saturated heterocycles. The summed E-state index contributed by atoms with van der Waals surface area (Å²) in [7, 11) is 0. The maximum absolute atomic E-state index is 13.8. The first kappa shape index (κ1) is 34.0. The molecule has 0 saturated carbocycles. The van der Waals surface area contributed by atoms with Gasteiger partial charge in [-0.15, -0.1) is 0 Å². The quantitative estimate of drug-likeness (QED) is 0.0946. The third-order valence-corrected chi connectivity index (χ3v) is 7.94. The van der Waals surface area contributed by atoms with Crippen LogP contribution in [0.3, 0.4) is 0 Å². The molecule has 0 radical (unpaired) electrons. The Hall–Kier alpha value is -3.88. The second-order valence-corrected chi connectivity index (χ2v) is 11.3. The van der Waals surface area contributed by atoms with Crippen LogP contribution in [0, 0.1) is 0 Å². The van der Waals surface area contributed by atoms with Crippen LogP contribution in [-0.2, 0) is 16.0 Å². The highest BCUT2D eigenvalue weighted by Crippen LogP contribution is 2.43. The van der Waals surface area contributed by atoms with E-state index < -0.39 is 82.6 Å². The van der Waals surface area contributed by atoms with Crippen molar-refractivity contribution >= 4 is 16.8 Å². The Bertz CT molecular complexity index is 1550. The van der Waals surface area contributed by atoms with Crippen molar-refractivity contribution in [3.05, 3.63) is 40.1 Å². The lowest BCUT2D eigenvalue weighted by atomic mass is 9.95. The highest BCUT2D eigenvalue weighted by Gasteiger charge is 2.45. The molecule has 45 heavy (non-hydrogen) atoms. The van der Waals surface area contributed by atoms with E-state index in [4.69, 9.17) is 13.9 Å². The number of hydrogen-bond acceptors (Lipinski definition) is 13. The van der Waals surface area contributed by atoms with Gasteiger partial charge < -0.3 is 54.7 Å². The zero-order chi connectivity index (χ0) is 32.8. The molecule has 1 fully saturated rings. The van der Waals surface area contributed by atoms with Gasteiger partial charge in [0.05, 0.1) is 6.61 Å². The molecule has 13 nitrogen and oxygen atoms in total. The van der Waals surface area contributed by atoms with Crippen molar-refractivity contribution in [3.8, 4) is 40.1 Å². The van der Waals surface area contributed by atoms with Crippen molar-refractivity contribution in [2.24, 2.45) is 0 Å². The molecule has 13 heteroatoms. The number of rotatable bonds is 14. The summed E-state index contributed by atoms with van der Waals surface area (Å²) in [5.74, 6) is -3.71. The van der Waals surface area contributed by atoms with Crippen molar-refractivity contribution in [2.75, 3.05) is 6.61 Å². The number of benzene rings is 2. The highest BCUT2D eigenvalue weighted by molar-refractivity contribution is 5.90. The first-order valence-electron chi connectivity index (χ1n) is 15.0. The molecule has 1 aromatic heterocycles. The summed E-state index contributed by atoms with van der Waals surface area (Å²) in [6.07, 6.45) is -1.94. The van der Waals surface area contributed by atoms with E-state index in [9.17, 15) is 50.4 Å². The zero-order valence-corrected chi connectivity index (χ0v) is 24.9. The van der Waals surface area contributed by atoms with Gasteiger partial charge in [-0.05, 0) is 18.6 Å². The van der Waals surface area contributed by atoms with Gasteiger partial charge in [0.25, 0.3) is 0 Å². The van der Waals surface area contributed by atoms with E-state index in [0.29, 0.717) is 6.42 Å². The summed E-state index contributed by atoms with van der Waals surface area (Å²) in [5.41, 5.74) is -1.50. The Morgan fingerprint density at radius 1 is 0.889 bits per heavy atom. The lowest BCUT2D eigenvalue weighted by Gasteiger charge is -2.39. The van der Waals surface area contributed by atoms with Gasteiger partial charge in [-0.25, -0.2) is 0 Å². The number of phenols is 4. The van der Waals surface area contributed by atoms with Crippen LogP contribution in [-0.4, -0.2) is 83.9 Å². The summed E-state index contributed by atoms with van der Waals surface area (Å²) in [6, 6.07) is 4.29. The monoisotopic (exact) mass is 632 g/mol. The Morgan fingerprint density at radius 2 is 1.58 bits per heavy atom. The maximum atomic E-state index is 13.8. The van der Waals surface area contributed by atoms with Crippen LogP contribution in [0.5, 0.6) is 28.7 Å². The molecule has 8 N–H and O–H groups in total. The number of aliphatic hydroxyl groups is 4. The fraction of sp³-hybridized carbons (Fsp3) is 0.500. The second-order valence-electron chi connectivity index (χ2n) is 11.3. The number of unbranched alkanes of at least 4 members (excludes halogenated alkanes) is 6. The molecule has 0 amide bonds. The number of aromatic hydroxyl groups is 4. The van der Waals surface area contributed by atoms with Gasteiger partial charge in [-0.2, -0.15) is 0 Å². The third kappa shape index (κ3) is 7.51. The Kier molecular flexibility index (Phi) is 11.3. The summed E-state index contributed by atoms with van der Waals surface area (Å²) in [4.78, 5) is 26.8. The minimum absolute atomic E-state index is 0.0698. The summed E-state index contributed by atoms with van der Waals surface area (Å²) >= 11 is 0. The number of carbonyl (C=O) groups is 1. The van der Waals surface area contributed by atoms with Gasteiger partial charge in [-0.1, -0.05) is 45.4 Å². The van der Waals surface area contributed by atoms with Crippen LogP contribution >= 0.6 is 0 Å². The van der Waals surface area contributed by atoms with Gasteiger partial charge in [0.2, 0.25) is 17.5 Å². The minimum Gasteiger partial charge on any atom is -0.508 e. The summed E-state index contributed by atoms with van der Waals surface area (Å²) in [5, 5.41) is 81.8. The average Bonchev–Trinajstić information content (AvgIpc) is 3.00. The van der Waals surface area contributed by atoms with Gasteiger partial charge in [0, 0.05) is 36.1 Å². The maximum Gasteiger partial charge on any atom is 0.239 e. The molecule has 4 rings (SSSR count). The molecule has 0 spiro atoms. The number of aliphatic hydroxyl groups excluding tert-OH is 4. The summed E-state index contributed by atoms with van der Waals surface area (Å²) in [6.45, 7) is 1.35. The molecule has 0 bridgehead atoms. The second kappa shape index (κ2) is 14.9. The van der Waals surface area contributed by atoms with E-state index in [2.05, 4.69) is 6.92 Å². The molecule has 0 aliphatic carbocycles. The van der Waals surface area contributed by atoms with Crippen LogP contribution < -0.4 is 10.2 Å². The van der Waals surface area contributed by atoms with Gasteiger partial charge >= 0.3 is 0 Å². The van der Waals surface area contributed by atoms with E-state index in [0.717, 1.165) is 56.7 Å². The lowest BCUT2D eigenvalue weighted by molar-refractivity contribution is -0.277. The predicted octanol–water partition coefficient (Wildman–Crippen LogP) is 2.71. The number of hydrogen-bond donors (Lipinski definition) is 8. The van der Waals surface area contributed by atoms with Crippen molar-refractivity contribution < 1.29 is 59.5 Å². The molecule has 5 atom stereocenters. The number of ketones is 1. The smallest absolute Gasteiger partial charge is 0.239 e. The number of fused-ring (bicyclic) bond motifs is 1. The molecule has 246 valence electrons. The molecular weight excluding hydrogens is 592 g/mol. The van der Waals surface area contributed by atoms with Crippen LogP contribution in [0.25, 0.3) is 22.3 Å². The third-order valence-electron chi connectivity index (χ3n) is 7.94. The van der Waals surface area contributed by atoms with E-state index in [1.54, 1.807) is 0 Å². The Labute approximate surface area is 258 Å². The lowest BCUT2D eigenvalue weighted by Crippen LogP contribution is -2.60. The van der Waals surface area contributed by atoms with Crippen LogP contribution in [0.1, 0.15) is 63.9 Å². The first-order valence-corrected chi connectivity index (χ1v) is 15.0. The van der Waals surface area contributed by atoms with Crippen molar-refractivity contribution in [3.63, 3.8) is 0 Å². The predicted molar refractivity (Wildman–Crippen MR) is 160 cm³/mol. The molecule has 1 aliphatic heterocycles. The number of phenolic OH excluding ortho intramolecular Hbond substituents is 4. The zero-order valence-electron chi connectivity index (χ0n) is 24.9. The van der Waals surface area contributed by atoms with Crippen LogP contribution in [0.4, 0.5) is 0 Å². The van der Waals surface area contributed by atoms with Gasteiger partial charge in [0.1, 0.15) is 52.7 Å². The summed E-state index contributed by atoms with van der Waals surface area (Å²) < 4.78 is 17.0. The average molecular weight is 633 g/mol. The van der Waals surface area contributed by atoms with Crippen molar-refractivity contribution in [2.45, 2.75) is 95.4 Å². The molecule has 3 aromatic rings. The normalized spacial score (nSPS) is 21.7. The fourth-order valence-corrected chi connectivity index (χ4v) is 5.41. The van der Waals surface area contributed by atoms with E-state index in [-0.39, 0.29) is 35.3 Å². The molecular formula is C32H40O13. The number of Topliss-reactive ketones (excluding diaryl/α,β-unsaturated/α-hetero) is 1. The van der Waals surface area contributed by atoms with Gasteiger partial charge in [0.15, 0.2) is 17.3 Å². The van der Waals surface area contributed by atoms with Crippen LogP contribution in [0.15, 0.2) is 33.5 Å². The molecule has 0 unspecified atom stereocenters. The highest BCUT2D eigenvalue weighted by atomic mass is 16.7. The molecule has 2 aromatic carbocycles. The minimum atomic E-state index is -1.92. The fourth-order valence-electron chi connectivity index (χ4n) is 5.41. The van der Waals surface area contributed by atoms with E-state index in [1.165, 1.54) is 6.07 Å². The molecule has 1 aliphatic rings. The van der Waals surface area contributed by atoms with Crippen molar-refractivity contribution in [1.29, 1.82) is 0 Å². The van der Waals surface area contributed by atoms with Crippen LogP contribution in [0.2, 0.25) is 0 Å². The number of ether oxygens (including phenoxy) is 2. The van der Waals surface area contributed by atoms with E-state index >= 15 is 0 Å². The van der Waals surface area contributed by atoms with Gasteiger partial charge in [-0.3, -0.25) is 9.59 Å².